The number of nitrogens with one attached hydrogen (secondary N) is 1. The number of aliphatic hydroxyl groups is 1. The van der Waals surface area contributed by atoms with Gasteiger partial charge in [-0.1, -0.05) is 24.3 Å². The van der Waals surface area contributed by atoms with Crippen LogP contribution in [0, 0.1) is 6.92 Å². The van der Waals surface area contributed by atoms with Crippen LogP contribution < -0.4 is 5.32 Å². The highest BCUT2D eigenvalue weighted by molar-refractivity contribution is 5.22. The molecule has 2 aromatic rings. The Labute approximate surface area is 107 Å². The van der Waals surface area contributed by atoms with Crippen molar-refractivity contribution in [2.75, 3.05) is 0 Å². The quantitative estimate of drug-likeness (QED) is 0.851. The summed E-state index contributed by atoms with van der Waals surface area (Å²) in [6.45, 7) is 4.91. The number of benzene rings is 1. The first-order valence-electron chi connectivity index (χ1n) is 6.17. The average molecular weight is 245 g/mol. The number of aryl methyl sites for hydroxylation is 1. The maximum absolute atomic E-state index is 8.97. The maximum Gasteiger partial charge on any atom is 0.120 e. The minimum atomic E-state index is 0.0930. The molecule has 96 valence electrons. The van der Waals surface area contributed by atoms with Crippen molar-refractivity contribution in [3.05, 3.63) is 59.0 Å². The largest absolute Gasteiger partial charge is 0.465 e. The highest BCUT2D eigenvalue weighted by Gasteiger charge is 2.08. The Morgan fingerprint density at radius 2 is 1.78 bits per heavy atom. The molecular weight excluding hydrogens is 226 g/mol. The van der Waals surface area contributed by atoms with E-state index in [1.54, 1.807) is 0 Å². The van der Waals surface area contributed by atoms with Crippen LogP contribution in [-0.4, -0.2) is 5.11 Å². The molecule has 0 spiro atoms. The van der Waals surface area contributed by atoms with E-state index in [2.05, 4.69) is 12.2 Å². The van der Waals surface area contributed by atoms with Gasteiger partial charge in [-0.05, 0) is 37.1 Å². The van der Waals surface area contributed by atoms with Gasteiger partial charge in [-0.15, -0.1) is 0 Å². The van der Waals surface area contributed by atoms with Gasteiger partial charge in [-0.2, -0.15) is 0 Å². The molecule has 0 fully saturated rings. The van der Waals surface area contributed by atoms with Gasteiger partial charge in [0.2, 0.25) is 0 Å². The van der Waals surface area contributed by atoms with Crippen LogP contribution in [0.5, 0.6) is 0 Å². The molecule has 1 atom stereocenters. The van der Waals surface area contributed by atoms with Crippen LogP contribution in [0.15, 0.2) is 40.8 Å². The second-order valence-corrected chi connectivity index (χ2v) is 4.53. The number of aliphatic hydroxyl groups excluding tert-OH is 1. The monoisotopic (exact) mass is 245 g/mol. The van der Waals surface area contributed by atoms with Crippen LogP contribution in [0.4, 0.5) is 0 Å². The fourth-order valence-electron chi connectivity index (χ4n) is 1.82. The van der Waals surface area contributed by atoms with E-state index in [9.17, 15) is 0 Å². The molecule has 0 saturated heterocycles. The van der Waals surface area contributed by atoms with Gasteiger partial charge in [-0.3, -0.25) is 0 Å². The SMILES string of the molecule is Cc1ccc(C(C)NCc2ccc(CO)cc2)o1. The Balaban J connectivity index is 1.90. The van der Waals surface area contributed by atoms with Crippen molar-refractivity contribution in [2.45, 2.75) is 33.0 Å². The molecule has 3 nitrogen and oxygen atoms in total. The van der Waals surface area contributed by atoms with E-state index in [1.165, 1.54) is 5.56 Å². The molecule has 3 heteroatoms. The summed E-state index contributed by atoms with van der Waals surface area (Å²) in [6, 6.07) is 12.1. The summed E-state index contributed by atoms with van der Waals surface area (Å²) in [7, 11) is 0. The Hall–Kier alpha value is -1.58. The first-order chi connectivity index (χ1) is 8.69. The highest BCUT2D eigenvalue weighted by atomic mass is 16.3. The molecule has 0 aliphatic carbocycles. The van der Waals surface area contributed by atoms with Crippen molar-refractivity contribution >= 4 is 0 Å². The van der Waals surface area contributed by atoms with Crippen LogP contribution in [0.2, 0.25) is 0 Å². The maximum atomic E-state index is 8.97. The lowest BCUT2D eigenvalue weighted by Gasteiger charge is -2.11. The van der Waals surface area contributed by atoms with Gasteiger partial charge in [-0.25, -0.2) is 0 Å². The lowest BCUT2D eigenvalue weighted by molar-refractivity contribution is 0.282. The fraction of sp³-hybridized carbons (Fsp3) is 0.333. The summed E-state index contributed by atoms with van der Waals surface area (Å²) in [5.41, 5.74) is 2.13. The minimum Gasteiger partial charge on any atom is -0.465 e. The molecule has 18 heavy (non-hydrogen) atoms. The van der Waals surface area contributed by atoms with Crippen molar-refractivity contribution in [1.82, 2.24) is 5.32 Å². The van der Waals surface area contributed by atoms with Gasteiger partial charge < -0.3 is 14.8 Å². The van der Waals surface area contributed by atoms with E-state index in [0.717, 1.165) is 23.6 Å². The summed E-state index contributed by atoms with van der Waals surface area (Å²) in [5.74, 6) is 1.89. The zero-order chi connectivity index (χ0) is 13.0. The van der Waals surface area contributed by atoms with E-state index in [4.69, 9.17) is 9.52 Å². The molecule has 2 N–H and O–H groups in total. The van der Waals surface area contributed by atoms with Gasteiger partial charge >= 0.3 is 0 Å². The topological polar surface area (TPSA) is 45.4 Å². The van der Waals surface area contributed by atoms with Gasteiger partial charge in [0, 0.05) is 6.54 Å². The zero-order valence-corrected chi connectivity index (χ0v) is 10.8. The average Bonchev–Trinajstić information content (AvgIpc) is 2.83. The molecule has 1 heterocycles. The van der Waals surface area contributed by atoms with E-state index < -0.39 is 0 Å². The molecule has 0 aliphatic rings. The molecule has 0 aliphatic heterocycles. The third-order valence-corrected chi connectivity index (χ3v) is 3.01. The number of rotatable bonds is 5. The summed E-state index contributed by atoms with van der Waals surface area (Å²) in [4.78, 5) is 0. The number of hydrogen-bond acceptors (Lipinski definition) is 3. The van der Waals surface area contributed by atoms with Gasteiger partial charge in [0.15, 0.2) is 0 Å². The third-order valence-electron chi connectivity index (χ3n) is 3.01. The Morgan fingerprint density at radius 3 is 2.33 bits per heavy atom. The molecule has 2 rings (SSSR count). The van der Waals surface area contributed by atoms with E-state index in [1.807, 2.05) is 43.3 Å². The first-order valence-corrected chi connectivity index (χ1v) is 6.17. The van der Waals surface area contributed by atoms with Crippen LogP contribution in [0.25, 0.3) is 0 Å². The first kappa shape index (κ1) is 12.9. The predicted molar refractivity (Wildman–Crippen MR) is 71.1 cm³/mol. The van der Waals surface area contributed by atoms with E-state index >= 15 is 0 Å². The van der Waals surface area contributed by atoms with Crippen molar-refractivity contribution in [3.63, 3.8) is 0 Å². The lowest BCUT2D eigenvalue weighted by Crippen LogP contribution is -2.17. The Morgan fingerprint density at radius 1 is 1.11 bits per heavy atom. The molecule has 1 aromatic heterocycles. The van der Waals surface area contributed by atoms with Crippen LogP contribution >= 0.6 is 0 Å². The lowest BCUT2D eigenvalue weighted by atomic mass is 10.1. The third kappa shape index (κ3) is 3.22. The molecule has 0 radical (unpaired) electrons. The smallest absolute Gasteiger partial charge is 0.120 e. The van der Waals surface area contributed by atoms with Crippen molar-refractivity contribution in [2.24, 2.45) is 0 Å². The number of furan rings is 1. The van der Waals surface area contributed by atoms with Gasteiger partial charge in [0.05, 0.1) is 12.6 Å². The van der Waals surface area contributed by atoms with Crippen molar-refractivity contribution < 1.29 is 9.52 Å². The van der Waals surface area contributed by atoms with Crippen molar-refractivity contribution in [1.29, 1.82) is 0 Å². The molecule has 0 amide bonds. The predicted octanol–water partition coefficient (Wildman–Crippen LogP) is 2.93. The van der Waals surface area contributed by atoms with Crippen molar-refractivity contribution in [3.8, 4) is 0 Å². The molecular formula is C15H19NO2. The second-order valence-electron chi connectivity index (χ2n) is 4.53. The Bertz CT molecular complexity index is 487. The van der Waals surface area contributed by atoms with Crippen LogP contribution in [0.3, 0.4) is 0 Å². The summed E-state index contributed by atoms with van der Waals surface area (Å²) in [5, 5.41) is 12.4. The second kappa shape index (κ2) is 5.85. The fourth-order valence-corrected chi connectivity index (χ4v) is 1.82. The molecule has 0 saturated carbocycles. The normalized spacial score (nSPS) is 12.6. The molecule has 1 unspecified atom stereocenters. The van der Waals surface area contributed by atoms with E-state index in [-0.39, 0.29) is 12.6 Å². The Kier molecular flexibility index (Phi) is 4.18. The standard InChI is InChI=1S/C15H19NO2/c1-11-3-8-15(18-11)12(2)16-9-13-4-6-14(10-17)7-5-13/h3-8,12,16-17H,9-10H2,1-2H3. The summed E-state index contributed by atoms with van der Waals surface area (Å²) in [6.07, 6.45) is 0. The van der Waals surface area contributed by atoms with Gasteiger partial charge in [0.1, 0.15) is 11.5 Å². The zero-order valence-electron chi connectivity index (χ0n) is 10.8. The van der Waals surface area contributed by atoms with Crippen LogP contribution in [0.1, 0.15) is 35.6 Å². The van der Waals surface area contributed by atoms with Gasteiger partial charge in [0.25, 0.3) is 0 Å². The highest BCUT2D eigenvalue weighted by Crippen LogP contribution is 2.16. The number of hydrogen-bond donors (Lipinski definition) is 2. The molecule has 0 bridgehead atoms. The summed E-state index contributed by atoms with van der Waals surface area (Å²) >= 11 is 0. The summed E-state index contributed by atoms with van der Waals surface area (Å²) < 4.78 is 5.57. The van der Waals surface area contributed by atoms with E-state index in [0.29, 0.717) is 0 Å². The minimum absolute atomic E-state index is 0.0930. The van der Waals surface area contributed by atoms with Crippen LogP contribution in [-0.2, 0) is 13.2 Å². The molecule has 1 aromatic carbocycles.